The smallest absolute Gasteiger partial charge is 0.387 e. The highest BCUT2D eigenvalue weighted by Crippen LogP contribution is 2.34. The van der Waals surface area contributed by atoms with Gasteiger partial charge in [0.2, 0.25) is 5.91 Å². The summed E-state index contributed by atoms with van der Waals surface area (Å²) in [5.74, 6) is -1.12. The number of halogens is 2. The highest BCUT2D eigenvalue weighted by Gasteiger charge is 2.52. The largest absolute Gasteiger partial charge is 0.435 e. The molecule has 0 radical (unpaired) electrons. The molecule has 1 fully saturated rings. The van der Waals surface area contributed by atoms with E-state index in [4.69, 9.17) is 0 Å². The van der Waals surface area contributed by atoms with Gasteiger partial charge in [-0.3, -0.25) is 14.5 Å². The zero-order chi connectivity index (χ0) is 22.4. The summed E-state index contributed by atoms with van der Waals surface area (Å²) >= 11 is 0. The van der Waals surface area contributed by atoms with Crippen LogP contribution in [0.1, 0.15) is 31.7 Å². The summed E-state index contributed by atoms with van der Waals surface area (Å²) in [5, 5.41) is 5.33. The Morgan fingerprint density at radius 3 is 2.42 bits per heavy atom. The van der Waals surface area contributed by atoms with E-state index in [-0.39, 0.29) is 5.75 Å². The van der Waals surface area contributed by atoms with E-state index < -0.39 is 36.5 Å². The van der Waals surface area contributed by atoms with Crippen molar-refractivity contribution in [3.8, 4) is 5.75 Å². The Labute approximate surface area is 178 Å². The van der Waals surface area contributed by atoms with E-state index in [9.17, 15) is 23.2 Å². The molecule has 0 saturated carbocycles. The van der Waals surface area contributed by atoms with Gasteiger partial charge in [0.05, 0.1) is 0 Å². The van der Waals surface area contributed by atoms with Gasteiger partial charge in [0.25, 0.3) is 5.91 Å². The SMILES string of the molecule is CCCC[C@]1(c2ccccc2)NC(=O)N(CC(=O)Nc2ccc(OC(F)F)cc2)C1=O. The van der Waals surface area contributed by atoms with Gasteiger partial charge < -0.3 is 15.4 Å². The van der Waals surface area contributed by atoms with E-state index in [1.807, 2.05) is 13.0 Å². The highest BCUT2D eigenvalue weighted by atomic mass is 19.3. The van der Waals surface area contributed by atoms with Crippen LogP contribution in [-0.4, -0.2) is 35.9 Å². The molecule has 2 aromatic carbocycles. The van der Waals surface area contributed by atoms with Crippen LogP contribution in [0.2, 0.25) is 0 Å². The van der Waals surface area contributed by atoms with E-state index >= 15 is 0 Å². The van der Waals surface area contributed by atoms with Gasteiger partial charge in [0, 0.05) is 5.69 Å². The van der Waals surface area contributed by atoms with E-state index in [0.29, 0.717) is 24.1 Å². The fourth-order valence-corrected chi connectivity index (χ4v) is 3.51. The van der Waals surface area contributed by atoms with Crippen LogP contribution >= 0.6 is 0 Å². The van der Waals surface area contributed by atoms with Crippen molar-refractivity contribution in [3.63, 3.8) is 0 Å². The summed E-state index contributed by atoms with van der Waals surface area (Å²) in [5.41, 5.74) is -0.221. The zero-order valence-electron chi connectivity index (χ0n) is 16.9. The van der Waals surface area contributed by atoms with E-state index in [1.54, 1.807) is 24.3 Å². The zero-order valence-corrected chi connectivity index (χ0v) is 16.9. The Balaban J connectivity index is 1.72. The Bertz CT molecular complexity index is 938. The molecule has 0 unspecified atom stereocenters. The van der Waals surface area contributed by atoms with Crippen LogP contribution in [0.3, 0.4) is 0 Å². The van der Waals surface area contributed by atoms with Gasteiger partial charge in [-0.25, -0.2) is 4.79 Å². The third-order valence-corrected chi connectivity index (χ3v) is 5.01. The summed E-state index contributed by atoms with van der Waals surface area (Å²) in [6, 6.07) is 13.6. The van der Waals surface area contributed by atoms with Crippen molar-refractivity contribution in [1.82, 2.24) is 10.2 Å². The second kappa shape index (κ2) is 9.55. The number of hydrogen-bond acceptors (Lipinski definition) is 4. The van der Waals surface area contributed by atoms with Crippen molar-refractivity contribution in [3.05, 3.63) is 60.2 Å². The maximum absolute atomic E-state index is 13.3. The van der Waals surface area contributed by atoms with Gasteiger partial charge in [0.15, 0.2) is 0 Å². The molecule has 0 bridgehead atoms. The molecule has 3 rings (SSSR count). The number of carbonyl (C=O) groups excluding carboxylic acids is 3. The Hall–Kier alpha value is -3.49. The number of amides is 4. The van der Waals surface area contributed by atoms with Crippen LogP contribution in [0.4, 0.5) is 19.3 Å². The Kier molecular flexibility index (Phi) is 6.84. The average molecular weight is 431 g/mol. The van der Waals surface area contributed by atoms with Crippen LogP contribution in [0.5, 0.6) is 5.75 Å². The third kappa shape index (κ3) is 4.99. The number of nitrogens with zero attached hydrogens (tertiary/aromatic N) is 1. The predicted octanol–water partition coefficient (Wildman–Crippen LogP) is 3.86. The lowest BCUT2D eigenvalue weighted by molar-refractivity contribution is -0.134. The molecule has 2 aromatic rings. The van der Waals surface area contributed by atoms with E-state index in [1.165, 1.54) is 24.3 Å². The van der Waals surface area contributed by atoms with Crippen molar-refractivity contribution in [2.75, 3.05) is 11.9 Å². The molecule has 0 spiro atoms. The minimum absolute atomic E-state index is 0.0503. The first-order chi connectivity index (χ1) is 14.9. The second-order valence-corrected chi connectivity index (χ2v) is 7.15. The number of rotatable bonds is 9. The topological polar surface area (TPSA) is 87.7 Å². The number of unbranched alkanes of at least 4 members (excludes halogenated alkanes) is 1. The molecule has 4 amide bonds. The van der Waals surface area contributed by atoms with Gasteiger partial charge in [-0.2, -0.15) is 8.78 Å². The van der Waals surface area contributed by atoms with Crippen LogP contribution < -0.4 is 15.4 Å². The molecule has 31 heavy (non-hydrogen) atoms. The maximum Gasteiger partial charge on any atom is 0.387 e. The number of benzene rings is 2. The summed E-state index contributed by atoms with van der Waals surface area (Å²) in [4.78, 5) is 39.2. The molecule has 0 aliphatic carbocycles. The lowest BCUT2D eigenvalue weighted by Crippen LogP contribution is -2.44. The quantitative estimate of drug-likeness (QED) is 0.590. The first-order valence-corrected chi connectivity index (χ1v) is 9.90. The molecule has 2 N–H and O–H groups in total. The third-order valence-electron chi connectivity index (χ3n) is 5.01. The van der Waals surface area contributed by atoms with E-state index in [2.05, 4.69) is 15.4 Å². The monoisotopic (exact) mass is 431 g/mol. The number of hydrogen-bond donors (Lipinski definition) is 2. The van der Waals surface area contributed by atoms with Crippen LogP contribution in [0, 0.1) is 0 Å². The highest BCUT2D eigenvalue weighted by molar-refractivity contribution is 6.10. The van der Waals surface area contributed by atoms with Crippen LogP contribution in [0.25, 0.3) is 0 Å². The summed E-state index contributed by atoms with van der Waals surface area (Å²) in [6.45, 7) is -1.43. The number of nitrogens with one attached hydrogen (secondary N) is 2. The fourth-order valence-electron chi connectivity index (χ4n) is 3.51. The Morgan fingerprint density at radius 2 is 1.81 bits per heavy atom. The molecule has 7 nitrogen and oxygen atoms in total. The molecule has 1 atom stereocenters. The molecule has 9 heteroatoms. The minimum atomic E-state index is -2.95. The van der Waals surface area contributed by atoms with Crippen LogP contribution in [0.15, 0.2) is 54.6 Å². The first-order valence-electron chi connectivity index (χ1n) is 9.90. The number of alkyl halides is 2. The van der Waals surface area contributed by atoms with Crippen molar-refractivity contribution in [2.24, 2.45) is 0 Å². The molecule has 1 aliphatic heterocycles. The van der Waals surface area contributed by atoms with E-state index in [0.717, 1.165) is 11.3 Å². The number of carbonyl (C=O) groups is 3. The van der Waals surface area contributed by atoms with Gasteiger partial charge in [0.1, 0.15) is 17.8 Å². The second-order valence-electron chi connectivity index (χ2n) is 7.15. The molecule has 1 aliphatic rings. The van der Waals surface area contributed by atoms with Crippen molar-refractivity contribution in [2.45, 2.75) is 38.3 Å². The molecular weight excluding hydrogens is 408 g/mol. The fraction of sp³-hybridized carbons (Fsp3) is 0.318. The van der Waals surface area contributed by atoms with Gasteiger partial charge in [-0.1, -0.05) is 50.1 Å². The van der Waals surface area contributed by atoms with Crippen molar-refractivity contribution < 1.29 is 27.9 Å². The number of urea groups is 1. The Morgan fingerprint density at radius 1 is 1.13 bits per heavy atom. The lowest BCUT2D eigenvalue weighted by Gasteiger charge is -2.27. The summed E-state index contributed by atoms with van der Waals surface area (Å²) < 4.78 is 28.7. The standard InChI is InChI=1S/C22H23F2N3O4/c1-2-3-13-22(15-7-5-4-6-8-15)19(29)27(21(30)26-22)14-18(28)25-16-9-11-17(12-10-16)31-20(23)24/h4-12,20H,2-3,13-14H2,1H3,(H,25,28)(H,26,30)/t22-/m1/s1. The number of anilines is 1. The van der Waals surface area contributed by atoms with Gasteiger partial charge in [-0.15, -0.1) is 0 Å². The molecular formula is C22H23F2N3O4. The number of ether oxygens (including phenoxy) is 1. The summed E-state index contributed by atoms with van der Waals surface area (Å²) in [6.07, 6.45) is 1.97. The van der Waals surface area contributed by atoms with Gasteiger partial charge >= 0.3 is 12.6 Å². The predicted molar refractivity (Wildman–Crippen MR) is 110 cm³/mol. The normalized spacial score (nSPS) is 18.3. The van der Waals surface area contributed by atoms with Gasteiger partial charge in [-0.05, 0) is 36.2 Å². The number of imide groups is 1. The van der Waals surface area contributed by atoms with Crippen molar-refractivity contribution in [1.29, 1.82) is 0 Å². The average Bonchev–Trinajstić information content (AvgIpc) is 2.99. The first kappa shape index (κ1) is 22.2. The van der Waals surface area contributed by atoms with Crippen LogP contribution in [-0.2, 0) is 15.1 Å². The maximum atomic E-state index is 13.3. The van der Waals surface area contributed by atoms with Crippen molar-refractivity contribution >= 4 is 23.5 Å². The molecule has 1 saturated heterocycles. The molecule has 0 aromatic heterocycles. The lowest BCUT2D eigenvalue weighted by atomic mass is 9.85. The minimum Gasteiger partial charge on any atom is -0.435 e. The molecule has 164 valence electrons. The summed E-state index contributed by atoms with van der Waals surface area (Å²) in [7, 11) is 0. The molecule has 1 heterocycles.